The van der Waals surface area contributed by atoms with Gasteiger partial charge in [-0.3, -0.25) is 0 Å². The van der Waals surface area contributed by atoms with Crippen LogP contribution < -0.4 is 4.90 Å². The number of rotatable bonds is 2. The van der Waals surface area contributed by atoms with Crippen LogP contribution in [0.15, 0.2) is 0 Å². The molecule has 1 fully saturated rings. The summed E-state index contributed by atoms with van der Waals surface area (Å²) in [5, 5.41) is 0.947. The molecule has 7 heteroatoms. The molecule has 0 aliphatic carbocycles. The number of anilines is 1. The van der Waals surface area contributed by atoms with Gasteiger partial charge in [-0.1, -0.05) is 0 Å². The van der Waals surface area contributed by atoms with Crippen LogP contribution in [0.4, 0.5) is 5.82 Å². The first-order chi connectivity index (χ1) is 10.9. The summed E-state index contributed by atoms with van der Waals surface area (Å²) >= 11 is 1.37. The Morgan fingerprint density at radius 1 is 1.26 bits per heavy atom. The number of carbonyl (C=O) groups excluding carboxylic acids is 1. The van der Waals surface area contributed by atoms with Gasteiger partial charge in [0.05, 0.1) is 24.7 Å². The first kappa shape index (κ1) is 16.1. The first-order valence-electron chi connectivity index (χ1n) is 7.67. The highest BCUT2D eigenvalue weighted by molar-refractivity contribution is 7.20. The van der Waals surface area contributed by atoms with E-state index in [2.05, 4.69) is 28.7 Å². The minimum atomic E-state index is -0.321. The van der Waals surface area contributed by atoms with E-state index in [1.54, 1.807) is 0 Å². The minimum absolute atomic E-state index is 0.142. The molecule has 1 saturated heterocycles. The van der Waals surface area contributed by atoms with Gasteiger partial charge in [-0.2, -0.15) is 0 Å². The number of esters is 1. The Hall–Kier alpha value is -1.73. The number of aromatic nitrogens is 2. The van der Waals surface area contributed by atoms with Crippen LogP contribution in [0.2, 0.25) is 0 Å². The van der Waals surface area contributed by atoms with Crippen LogP contribution in [0.5, 0.6) is 0 Å². The fraction of sp³-hybridized carbons (Fsp3) is 0.562. The van der Waals surface area contributed by atoms with Crippen molar-refractivity contribution >= 4 is 33.3 Å². The van der Waals surface area contributed by atoms with Gasteiger partial charge in [0.1, 0.15) is 21.3 Å². The Morgan fingerprint density at radius 3 is 2.52 bits per heavy atom. The highest BCUT2D eigenvalue weighted by Gasteiger charge is 2.28. The molecule has 2 unspecified atom stereocenters. The summed E-state index contributed by atoms with van der Waals surface area (Å²) < 4.78 is 10.7. The SMILES string of the molecule is COC(=O)c1sc2nc(C)nc(N3CC(C)OC(C)C3)c2c1C. The molecule has 1 aliphatic rings. The van der Waals surface area contributed by atoms with Gasteiger partial charge < -0.3 is 14.4 Å². The second kappa shape index (κ2) is 6.05. The number of nitrogens with zero attached hydrogens (tertiary/aromatic N) is 3. The monoisotopic (exact) mass is 335 g/mol. The Morgan fingerprint density at radius 2 is 1.91 bits per heavy atom. The maximum absolute atomic E-state index is 12.0. The molecule has 124 valence electrons. The standard InChI is InChI=1S/C16H21N3O3S/c1-8-6-19(7-9(2)22-8)14-12-10(3)13(16(20)21-5)23-15(12)18-11(4)17-14/h8-9H,6-7H2,1-5H3. The molecule has 23 heavy (non-hydrogen) atoms. The number of ether oxygens (including phenoxy) is 2. The van der Waals surface area contributed by atoms with E-state index in [-0.39, 0.29) is 18.2 Å². The lowest BCUT2D eigenvalue weighted by atomic mass is 10.1. The maximum Gasteiger partial charge on any atom is 0.348 e. The Balaban J connectivity index is 2.16. The van der Waals surface area contributed by atoms with Crippen molar-refractivity contribution in [2.24, 2.45) is 0 Å². The lowest BCUT2D eigenvalue weighted by Gasteiger charge is -2.36. The summed E-state index contributed by atoms with van der Waals surface area (Å²) in [7, 11) is 1.40. The van der Waals surface area contributed by atoms with Gasteiger partial charge in [0.15, 0.2) is 0 Å². The molecule has 1 aliphatic heterocycles. The molecule has 0 bridgehead atoms. The summed E-state index contributed by atoms with van der Waals surface area (Å²) in [6.07, 6.45) is 0.284. The number of aryl methyl sites for hydroxylation is 2. The zero-order valence-electron chi connectivity index (χ0n) is 14.0. The van der Waals surface area contributed by atoms with Crippen LogP contribution in [-0.2, 0) is 9.47 Å². The molecule has 0 amide bonds. The summed E-state index contributed by atoms with van der Waals surface area (Å²) in [4.78, 5) is 24.8. The number of hydrogen-bond acceptors (Lipinski definition) is 7. The quantitative estimate of drug-likeness (QED) is 0.786. The van der Waals surface area contributed by atoms with Crippen molar-refractivity contribution in [1.82, 2.24) is 9.97 Å². The van der Waals surface area contributed by atoms with E-state index in [9.17, 15) is 4.79 Å². The van der Waals surface area contributed by atoms with Crippen LogP contribution in [-0.4, -0.2) is 48.3 Å². The third kappa shape index (κ3) is 2.90. The van der Waals surface area contributed by atoms with E-state index in [1.165, 1.54) is 18.4 Å². The number of carbonyl (C=O) groups is 1. The fourth-order valence-electron chi connectivity index (χ4n) is 3.09. The predicted molar refractivity (Wildman–Crippen MR) is 90.5 cm³/mol. The largest absolute Gasteiger partial charge is 0.465 e. The molecule has 0 saturated carbocycles. The topological polar surface area (TPSA) is 64.5 Å². The van der Waals surface area contributed by atoms with Gasteiger partial charge >= 0.3 is 5.97 Å². The second-order valence-corrected chi connectivity index (χ2v) is 6.98. The average Bonchev–Trinajstić information content (AvgIpc) is 2.81. The van der Waals surface area contributed by atoms with E-state index < -0.39 is 0 Å². The van der Waals surface area contributed by atoms with Crippen molar-refractivity contribution < 1.29 is 14.3 Å². The highest BCUT2D eigenvalue weighted by atomic mass is 32.1. The molecule has 2 aromatic heterocycles. The van der Waals surface area contributed by atoms with Crippen LogP contribution >= 0.6 is 11.3 Å². The minimum Gasteiger partial charge on any atom is -0.465 e. The van der Waals surface area contributed by atoms with Crippen LogP contribution in [0.25, 0.3) is 10.2 Å². The van der Waals surface area contributed by atoms with Crippen LogP contribution in [0, 0.1) is 13.8 Å². The third-order valence-corrected chi connectivity index (χ3v) is 5.14. The summed E-state index contributed by atoms with van der Waals surface area (Å²) in [5.41, 5.74) is 0.888. The number of morpholine rings is 1. The summed E-state index contributed by atoms with van der Waals surface area (Å²) in [6.45, 7) is 9.49. The lowest BCUT2D eigenvalue weighted by molar-refractivity contribution is -0.00538. The normalized spacial score (nSPS) is 21.7. The fourth-order valence-corrected chi connectivity index (χ4v) is 4.23. The number of hydrogen-bond donors (Lipinski definition) is 0. The second-order valence-electron chi connectivity index (χ2n) is 5.98. The first-order valence-corrected chi connectivity index (χ1v) is 8.48. The van der Waals surface area contributed by atoms with Gasteiger partial charge in [-0.15, -0.1) is 11.3 Å². The molecule has 0 aromatic carbocycles. The van der Waals surface area contributed by atoms with Gasteiger partial charge in [0.25, 0.3) is 0 Å². The van der Waals surface area contributed by atoms with Gasteiger partial charge in [-0.05, 0) is 33.3 Å². The van der Waals surface area contributed by atoms with Crippen LogP contribution in [0.3, 0.4) is 0 Å². The van der Waals surface area contributed by atoms with E-state index in [0.29, 0.717) is 10.7 Å². The Labute approximate surface area is 139 Å². The van der Waals surface area contributed by atoms with Crippen molar-refractivity contribution in [3.8, 4) is 0 Å². The molecule has 2 atom stereocenters. The average molecular weight is 335 g/mol. The molecular weight excluding hydrogens is 314 g/mol. The molecule has 0 spiro atoms. The van der Waals surface area contributed by atoms with E-state index in [0.717, 1.165) is 34.7 Å². The van der Waals surface area contributed by atoms with Gasteiger partial charge in [0, 0.05) is 13.1 Å². The van der Waals surface area contributed by atoms with Gasteiger partial charge in [-0.25, -0.2) is 14.8 Å². The molecule has 0 radical (unpaired) electrons. The van der Waals surface area contributed by atoms with Crippen molar-refractivity contribution in [2.45, 2.75) is 39.9 Å². The van der Waals surface area contributed by atoms with E-state index in [1.807, 2.05) is 13.8 Å². The van der Waals surface area contributed by atoms with Crippen molar-refractivity contribution in [1.29, 1.82) is 0 Å². The molecule has 3 rings (SSSR count). The predicted octanol–water partition coefficient (Wildman–Crippen LogP) is 2.71. The molecule has 0 N–H and O–H groups in total. The van der Waals surface area contributed by atoms with Crippen LogP contribution in [0.1, 0.15) is 34.9 Å². The summed E-state index contributed by atoms with van der Waals surface area (Å²) in [6, 6.07) is 0. The Kier molecular flexibility index (Phi) is 4.25. The van der Waals surface area contributed by atoms with E-state index >= 15 is 0 Å². The molecule has 2 aromatic rings. The van der Waals surface area contributed by atoms with Gasteiger partial charge in [0.2, 0.25) is 0 Å². The third-order valence-electron chi connectivity index (χ3n) is 3.97. The van der Waals surface area contributed by atoms with Crippen molar-refractivity contribution in [2.75, 3.05) is 25.1 Å². The molecule has 3 heterocycles. The summed E-state index contributed by atoms with van der Waals surface area (Å²) in [5.74, 6) is 1.27. The number of methoxy groups -OCH3 is 1. The Bertz CT molecular complexity index is 749. The highest BCUT2D eigenvalue weighted by Crippen LogP contribution is 2.36. The lowest BCUT2D eigenvalue weighted by Crippen LogP contribution is -2.46. The molecule has 6 nitrogen and oxygen atoms in total. The van der Waals surface area contributed by atoms with Crippen molar-refractivity contribution in [3.63, 3.8) is 0 Å². The maximum atomic E-state index is 12.0. The number of thiophene rings is 1. The number of fused-ring (bicyclic) bond motifs is 1. The van der Waals surface area contributed by atoms with E-state index in [4.69, 9.17) is 9.47 Å². The zero-order valence-corrected chi connectivity index (χ0v) is 14.9. The zero-order chi connectivity index (χ0) is 16.7. The van der Waals surface area contributed by atoms with Crippen molar-refractivity contribution in [3.05, 3.63) is 16.3 Å². The smallest absolute Gasteiger partial charge is 0.348 e. The molecular formula is C16H21N3O3S.